The third-order valence-electron chi connectivity index (χ3n) is 2.98. The number of hydrogen-bond donors (Lipinski definition) is 1. The van der Waals surface area contributed by atoms with E-state index in [-0.39, 0.29) is 0 Å². The van der Waals surface area contributed by atoms with Crippen molar-refractivity contribution in [2.45, 2.75) is 25.6 Å². The van der Waals surface area contributed by atoms with E-state index < -0.39 is 11.7 Å². The maximum absolute atomic E-state index is 10.5. The van der Waals surface area contributed by atoms with Gasteiger partial charge in [-0.05, 0) is 31.4 Å². The van der Waals surface area contributed by atoms with E-state index in [1.807, 2.05) is 37.4 Å². The molecule has 2 aromatic rings. The summed E-state index contributed by atoms with van der Waals surface area (Å²) in [5.41, 5.74) is -0.0820. The number of ether oxygens (including phenoxy) is 1. The number of nitrogens with zero attached hydrogens (tertiary/aromatic N) is 3. The van der Waals surface area contributed by atoms with Gasteiger partial charge in [-0.1, -0.05) is 6.07 Å². The molecule has 0 amide bonds. The van der Waals surface area contributed by atoms with Crippen LogP contribution in [0.5, 0.6) is 0 Å². The van der Waals surface area contributed by atoms with Gasteiger partial charge in [0.1, 0.15) is 18.8 Å². The Kier molecular flexibility index (Phi) is 4.14. The third kappa shape index (κ3) is 3.09. The Labute approximate surface area is 116 Å². The summed E-state index contributed by atoms with van der Waals surface area (Å²) >= 11 is 1.59. The lowest BCUT2D eigenvalue weighted by Gasteiger charge is -2.30. The monoisotopic (exact) mass is 279 g/mol. The van der Waals surface area contributed by atoms with Gasteiger partial charge in [-0.25, -0.2) is 9.67 Å². The van der Waals surface area contributed by atoms with Crippen LogP contribution in [0, 0.1) is 0 Å². The summed E-state index contributed by atoms with van der Waals surface area (Å²) in [7, 11) is 1.58. The molecule has 0 aliphatic heterocycles. The molecule has 0 radical (unpaired) electrons. The molecule has 0 bridgehead atoms. The zero-order valence-corrected chi connectivity index (χ0v) is 12.0. The van der Waals surface area contributed by atoms with E-state index in [2.05, 4.69) is 10.1 Å². The van der Waals surface area contributed by atoms with Gasteiger partial charge < -0.3 is 9.84 Å². The molecule has 1 unspecified atom stereocenters. The lowest BCUT2D eigenvalue weighted by atomic mass is 9.98. The van der Waals surface area contributed by atoms with Gasteiger partial charge in [0, 0.05) is 12.0 Å². The minimum absolute atomic E-state index is 0.631. The Morgan fingerprint density at radius 1 is 1.58 bits per heavy atom. The number of thiophene rings is 1. The van der Waals surface area contributed by atoms with E-state index in [1.165, 1.54) is 6.33 Å². The average Bonchev–Trinajstić information content (AvgIpc) is 3.07. The summed E-state index contributed by atoms with van der Waals surface area (Å²) in [5, 5.41) is 16.6. The second-order valence-corrected chi connectivity index (χ2v) is 5.61. The quantitative estimate of drug-likeness (QED) is 0.910. The topological polar surface area (TPSA) is 60.2 Å². The third-order valence-corrected chi connectivity index (χ3v) is 3.80. The molecule has 2 rings (SSSR count). The van der Waals surface area contributed by atoms with Crippen molar-refractivity contribution in [2.24, 2.45) is 0 Å². The fraction of sp³-hybridized carbons (Fsp3) is 0.385. The summed E-state index contributed by atoms with van der Waals surface area (Å²) in [6.07, 6.45) is 4.08. The van der Waals surface area contributed by atoms with E-state index >= 15 is 0 Å². The van der Waals surface area contributed by atoms with E-state index in [0.29, 0.717) is 5.70 Å². The van der Waals surface area contributed by atoms with Crippen molar-refractivity contribution in [2.75, 3.05) is 7.11 Å². The SMILES string of the molecule is COC(C)(C)C(O)C(=Cc1cccs1)n1cncn1. The summed E-state index contributed by atoms with van der Waals surface area (Å²) in [6.45, 7) is 3.66. The maximum Gasteiger partial charge on any atom is 0.138 e. The van der Waals surface area contributed by atoms with Gasteiger partial charge in [0.15, 0.2) is 0 Å². The van der Waals surface area contributed by atoms with Gasteiger partial charge in [0.05, 0.1) is 11.3 Å². The Morgan fingerprint density at radius 3 is 2.89 bits per heavy atom. The number of hydrogen-bond acceptors (Lipinski definition) is 5. The van der Waals surface area contributed by atoms with Crippen molar-refractivity contribution in [3.63, 3.8) is 0 Å². The fourth-order valence-electron chi connectivity index (χ4n) is 1.60. The van der Waals surface area contributed by atoms with Crippen LogP contribution in [-0.2, 0) is 4.74 Å². The van der Waals surface area contributed by atoms with Gasteiger partial charge >= 0.3 is 0 Å². The Bertz CT molecular complexity index is 532. The lowest BCUT2D eigenvalue weighted by Crippen LogP contribution is -2.40. The lowest BCUT2D eigenvalue weighted by molar-refractivity contribution is -0.0539. The Balaban J connectivity index is 2.41. The normalized spacial score (nSPS) is 14.6. The predicted octanol–water partition coefficient (Wildman–Crippen LogP) is 2.12. The zero-order valence-electron chi connectivity index (χ0n) is 11.1. The van der Waals surface area contributed by atoms with Crippen LogP contribution in [0.15, 0.2) is 30.2 Å². The molecular weight excluding hydrogens is 262 g/mol. The first-order valence-corrected chi connectivity index (χ1v) is 6.76. The van der Waals surface area contributed by atoms with Gasteiger partial charge in [-0.3, -0.25) is 0 Å². The van der Waals surface area contributed by atoms with Crippen LogP contribution in [0.1, 0.15) is 18.7 Å². The van der Waals surface area contributed by atoms with Crippen LogP contribution in [0.4, 0.5) is 0 Å². The van der Waals surface area contributed by atoms with Gasteiger partial charge in [0.2, 0.25) is 0 Å². The summed E-state index contributed by atoms with van der Waals surface area (Å²) < 4.78 is 6.91. The first kappa shape index (κ1) is 13.9. The molecule has 5 nitrogen and oxygen atoms in total. The molecule has 0 saturated heterocycles. The van der Waals surface area contributed by atoms with Gasteiger partial charge in [-0.15, -0.1) is 11.3 Å². The number of aliphatic hydroxyl groups is 1. The highest BCUT2D eigenvalue weighted by Gasteiger charge is 2.32. The molecule has 0 aromatic carbocycles. The van der Waals surface area contributed by atoms with E-state index in [1.54, 1.807) is 29.5 Å². The number of aromatic nitrogens is 3. The molecule has 6 heteroatoms. The van der Waals surface area contributed by atoms with Gasteiger partial charge in [-0.2, -0.15) is 5.10 Å². The molecule has 0 aliphatic carbocycles. The van der Waals surface area contributed by atoms with Crippen LogP contribution in [0.3, 0.4) is 0 Å². The molecule has 2 heterocycles. The standard InChI is InChI=1S/C13H17N3O2S/c1-13(2,18-3)12(17)11(16-9-14-8-15-16)7-10-5-4-6-19-10/h4-9,12,17H,1-3H3. The Hall–Kier alpha value is -1.50. The van der Waals surface area contributed by atoms with Crippen molar-refractivity contribution in [1.82, 2.24) is 14.8 Å². The van der Waals surface area contributed by atoms with Crippen molar-refractivity contribution >= 4 is 23.1 Å². The minimum atomic E-state index is -0.818. The second kappa shape index (κ2) is 5.64. The average molecular weight is 279 g/mol. The highest BCUT2D eigenvalue weighted by atomic mass is 32.1. The zero-order chi connectivity index (χ0) is 13.9. The smallest absolute Gasteiger partial charge is 0.138 e. The van der Waals surface area contributed by atoms with Crippen LogP contribution < -0.4 is 0 Å². The number of methoxy groups -OCH3 is 1. The summed E-state index contributed by atoms with van der Waals surface area (Å²) in [6, 6.07) is 3.94. The number of rotatable bonds is 5. The molecule has 0 spiro atoms. The summed E-state index contributed by atoms with van der Waals surface area (Å²) in [4.78, 5) is 4.96. The summed E-state index contributed by atoms with van der Waals surface area (Å²) in [5.74, 6) is 0. The molecule has 102 valence electrons. The molecule has 1 atom stereocenters. The van der Waals surface area contributed by atoms with Crippen LogP contribution in [-0.4, -0.2) is 38.7 Å². The predicted molar refractivity (Wildman–Crippen MR) is 75.6 cm³/mol. The highest BCUT2D eigenvalue weighted by molar-refractivity contribution is 7.10. The molecule has 2 aromatic heterocycles. The molecule has 1 N–H and O–H groups in total. The van der Waals surface area contributed by atoms with Crippen molar-refractivity contribution in [1.29, 1.82) is 0 Å². The largest absolute Gasteiger partial charge is 0.384 e. The van der Waals surface area contributed by atoms with Crippen molar-refractivity contribution in [3.8, 4) is 0 Å². The Morgan fingerprint density at radius 2 is 2.37 bits per heavy atom. The van der Waals surface area contributed by atoms with Crippen molar-refractivity contribution in [3.05, 3.63) is 35.0 Å². The van der Waals surface area contributed by atoms with Crippen molar-refractivity contribution < 1.29 is 9.84 Å². The highest BCUT2D eigenvalue weighted by Crippen LogP contribution is 2.26. The molecule has 0 aliphatic rings. The van der Waals surface area contributed by atoms with E-state index in [4.69, 9.17) is 4.74 Å². The van der Waals surface area contributed by atoms with Gasteiger partial charge in [0.25, 0.3) is 0 Å². The van der Waals surface area contributed by atoms with Crippen LogP contribution in [0.25, 0.3) is 11.8 Å². The molecular formula is C13H17N3O2S. The molecule has 0 fully saturated rings. The van der Waals surface area contributed by atoms with E-state index in [0.717, 1.165) is 4.88 Å². The van der Waals surface area contributed by atoms with Crippen LogP contribution in [0.2, 0.25) is 0 Å². The van der Waals surface area contributed by atoms with Crippen LogP contribution >= 0.6 is 11.3 Å². The van der Waals surface area contributed by atoms with E-state index in [9.17, 15) is 5.11 Å². The number of aliphatic hydroxyl groups excluding tert-OH is 1. The fourth-order valence-corrected chi connectivity index (χ4v) is 2.26. The second-order valence-electron chi connectivity index (χ2n) is 4.63. The molecule has 0 saturated carbocycles. The maximum atomic E-state index is 10.5. The first-order valence-electron chi connectivity index (χ1n) is 5.88. The first-order chi connectivity index (χ1) is 9.04. The minimum Gasteiger partial charge on any atom is -0.384 e. The molecule has 19 heavy (non-hydrogen) atoms.